The van der Waals surface area contributed by atoms with Crippen molar-refractivity contribution in [3.8, 4) is 11.5 Å². The minimum Gasteiger partial charge on any atom is -0.493 e. The molecule has 0 spiro atoms. The Kier molecular flexibility index (Phi) is 8.35. The molecule has 0 saturated heterocycles. The highest BCUT2D eigenvalue weighted by molar-refractivity contribution is 5.43. The second-order valence-electron chi connectivity index (χ2n) is 7.99. The summed E-state index contributed by atoms with van der Waals surface area (Å²) in [7, 11) is 3.65. The third-order valence-electron chi connectivity index (χ3n) is 5.43. The van der Waals surface area contributed by atoms with Gasteiger partial charge >= 0.3 is 0 Å². The van der Waals surface area contributed by atoms with Crippen molar-refractivity contribution in [2.45, 2.75) is 50.9 Å². The van der Waals surface area contributed by atoms with E-state index < -0.39 is 6.10 Å². The minimum atomic E-state index is -0.575. The number of hydrogen-bond acceptors (Lipinski definition) is 5. The zero-order valence-corrected chi connectivity index (χ0v) is 17.6. The fraction of sp³-hybridized carbons (Fsp3) is 0.500. The van der Waals surface area contributed by atoms with Gasteiger partial charge in [-0.05, 0) is 43.1 Å². The van der Waals surface area contributed by atoms with Gasteiger partial charge in [0.15, 0.2) is 11.5 Å². The van der Waals surface area contributed by atoms with Gasteiger partial charge in [-0.2, -0.15) is 0 Å². The van der Waals surface area contributed by atoms with Crippen LogP contribution in [0.5, 0.6) is 11.5 Å². The first-order chi connectivity index (χ1) is 14.1. The van der Waals surface area contributed by atoms with E-state index in [2.05, 4.69) is 28.4 Å². The third kappa shape index (κ3) is 7.03. The molecule has 2 aromatic rings. The highest BCUT2D eigenvalue weighted by Gasteiger charge is 2.15. The van der Waals surface area contributed by atoms with Crippen molar-refractivity contribution < 1.29 is 14.6 Å². The maximum absolute atomic E-state index is 10.4. The van der Waals surface area contributed by atoms with Crippen LogP contribution in [0.4, 0.5) is 0 Å². The monoisotopic (exact) mass is 398 g/mol. The van der Waals surface area contributed by atoms with Crippen molar-refractivity contribution in [3.63, 3.8) is 0 Å². The summed E-state index contributed by atoms with van der Waals surface area (Å²) < 4.78 is 11.4. The third-order valence-corrected chi connectivity index (χ3v) is 5.43. The van der Waals surface area contributed by atoms with Gasteiger partial charge in [0.1, 0.15) is 12.7 Å². The van der Waals surface area contributed by atoms with E-state index in [0.29, 0.717) is 24.1 Å². The molecule has 2 aromatic carbocycles. The molecular weight excluding hydrogens is 364 g/mol. The van der Waals surface area contributed by atoms with E-state index in [-0.39, 0.29) is 6.61 Å². The van der Waals surface area contributed by atoms with E-state index in [9.17, 15) is 5.11 Å². The van der Waals surface area contributed by atoms with Gasteiger partial charge < -0.3 is 19.9 Å². The van der Waals surface area contributed by atoms with Crippen molar-refractivity contribution in [2.24, 2.45) is 0 Å². The fourth-order valence-electron chi connectivity index (χ4n) is 3.89. The van der Waals surface area contributed by atoms with E-state index in [1.165, 1.54) is 36.8 Å². The molecule has 0 aliphatic heterocycles. The van der Waals surface area contributed by atoms with E-state index in [1.807, 2.05) is 37.4 Å². The lowest BCUT2D eigenvalue weighted by molar-refractivity contribution is 0.0732. The number of hydrogen-bond donors (Lipinski definition) is 2. The summed E-state index contributed by atoms with van der Waals surface area (Å²) in [5.74, 6) is 1.38. The summed E-state index contributed by atoms with van der Waals surface area (Å²) in [5.41, 5.74) is 2.40. The first-order valence-electron chi connectivity index (χ1n) is 10.6. The van der Waals surface area contributed by atoms with E-state index in [1.54, 1.807) is 7.11 Å². The summed E-state index contributed by atoms with van der Waals surface area (Å²) in [6, 6.07) is 16.9. The first-order valence-corrected chi connectivity index (χ1v) is 10.6. The maximum atomic E-state index is 10.4. The highest BCUT2D eigenvalue weighted by Crippen LogP contribution is 2.28. The van der Waals surface area contributed by atoms with Gasteiger partial charge in [0.25, 0.3) is 0 Å². The molecule has 1 atom stereocenters. The molecule has 1 fully saturated rings. The number of benzene rings is 2. The second kappa shape index (κ2) is 11.2. The molecule has 5 nitrogen and oxygen atoms in total. The van der Waals surface area contributed by atoms with Crippen LogP contribution < -0.4 is 14.8 Å². The number of rotatable bonds is 11. The molecule has 3 rings (SSSR count). The quantitative estimate of drug-likeness (QED) is 0.606. The summed E-state index contributed by atoms with van der Waals surface area (Å²) >= 11 is 0. The number of ether oxygens (including phenoxy) is 2. The molecule has 2 N–H and O–H groups in total. The SMILES string of the molecule is COc1ccc(CNC2CCCC2)cc1OC[C@@H](O)CN(C)Cc1ccccc1. The Hall–Kier alpha value is -2.08. The van der Waals surface area contributed by atoms with Crippen LogP contribution in [-0.4, -0.2) is 49.5 Å². The van der Waals surface area contributed by atoms with E-state index in [0.717, 1.165) is 13.1 Å². The Morgan fingerprint density at radius 2 is 1.83 bits per heavy atom. The molecule has 0 aromatic heterocycles. The average Bonchev–Trinajstić information content (AvgIpc) is 3.25. The van der Waals surface area contributed by atoms with Crippen LogP contribution in [0.1, 0.15) is 36.8 Å². The molecule has 0 heterocycles. The number of aliphatic hydroxyl groups is 1. The Balaban J connectivity index is 1.49. The van der Waals surface area contributed by atoms with E-state index in [4.69, 9.17) is 9.47 Å². The molecule has 0 radical (unpaired) electrons. The van der Waals surface area contributed by atoms with Crippen molar-refractivity contribution in [3.05, 3.63) is 59.7 Å². The Labute approximate surface area is 174 Å². The second-order valence-corrected chi connectivity index (χ2v) is 7.99. The normalized spacial score (nSPS) is 15.6. The van der Waals surface area contributed by atoms with Gasteiger partial charge in [0.2, 0.25) is 0 Å². The van der Waals surface area contributed by atoms with Crippen molar-refractivity contribution in [1.82, 2.24) is 10.2 Å². The van der Waals surface area contributed by atoms with Crippen LogP contribution in [0.25, 0.3) is 0 Å². The Morgan fingerprint density at radius 1 is 1.07 bits per heavy atom. The highest BCUT2D eigenvalue weighted by atomic mass is 16.5. The van der Waals surface area contributed by atoms with Crippen LogP contribution in [0, 0.1) is 0 Å². The molecule has 0 amide bonds. The van der Waals surface area contributed by atoms with Gasteiger partial charge in [0, 0.05) is 25.7 Å². The predicted molar refractivity (Wildman–Crippen MR) is 116 cm³/mol. The van der Waals surface area contributed by atoms with Crippen molar-refractivity contribution >= 4 is 0 Å². The van der Waals surface area contributed by atoms with Gasteiger partial charge in [0.05, 0.1) is 7.11 Å². The number of likely N-dealkylation sites (N-methyl/N-ethyl adjacent to an activating group) is 1. The Morgan fingerprint density at radius 3 is 2.55 bits per heavy atom. The van der Waals surface area contributed by atoms with Gasteiger partial charge in [-0.25, -0.2) is 0 Å². The topological polar surface area (TPSA) is 54.0 Å². The number of methoxy groups -OCH3 is 1. The lowest BCUT2D eigenvalue weighted by Crippen LogP contribution is -2.32. The molecule has 1 saturated carbocycles. The largest absolute Gasteiger partial charge is 0.493 e. The standard InChI is InChI=1S/C24H34N2O3/c1-26(16-19-8-4-3-5-9-19)17-22(27)18-29-24-14-20(12-13-23(24)28-2)15-25-21-10-6-7-11-21/h3-5,8-9,12-14,21-22,25,27H,6-7,10-11,15-18H2,1-2H3/t22-/m0/s1. The van der Waals surface area contributed by atoms with Crippen LogP contribution >= 0.6 is 0 Å². The smallest absolute Gasteiger partial charge is 0.161 e. The number of nitrogens with zero attached hydrogens (tertiary/aromatic N) is 1. The van der Waals surface area contributed by atoms with E-state index >= 15 is 0 Å². The molecule has 1 aliphatic carbocycles. The predicted octanol–water partition coefficient (Wildman–Crippen LogP) is 3.60. The Bertz CT molecular complexity index is 732. The van der Waals surface area contributed by atoms with Crippen LogP contribution in [-0.2, 0) is 13.1 Å². The molecule has 0 unspecified atom stereocenters. The van der Waals surface area contributed by atoms with Crippen LogP contribution in [0.3, 0.4) is 0 Å². The lowest BCUT2D eigenvalue weighted by atomic mass is 10.1. The number of aliphatic hydroxyl groups excluding tert-OH is 1. The molecular formula is C24H34N2O3. The summed E-state index contributed by atoms with van der Waals surface area (Å²) in [4.78, 5) is 2.10. The first kappa shape index (κ1) is 21.6. The number of nitrogens with one attached hydrogen (secondary N) is 1. The summed E-state index contributed by atoms with van der Waals surface area (Å²) in [6.07, 6.45) is 4.61. The molecule has 1 aliphatic rings. The van der Waals surface area contributed by atoms with Crippen LogP contribution in [0.2, 0.25) is 0 Å². The molecule has 158 valence electrons. The maximum Gasteiger partial charge on any atom is 0.161 e. The van der Waals surface area contributed by atoms with Crippen molar-refractivity contribution in [2.75, 3.05) is 27.3 Å². The van der Waals surface area contributed by atoms with Crippen molar-refractivity contribution in [1.29, 1.82) is 0 Å². The zero-order chi connectivity index (χ0) is 20.5. The molecule has 5 heteroatoms. The van der Waals surface area contributed by atoms with Crippen LogP contribution in [0.15, 0.2) is 48.5 Å². The molecule has 0 bridgehead atoms. The summed E-state index contributed by atoms with van der Waals surface area (Å²) in [6.45, 7) is 2.39. The molecule has 29 heavy (non-hydrogen) atoms. The van der Waals surface area contributed by atoms with Gasteiger partial charge in [-0.3, -0.25) is 4.90 Å². The zero-order valence-electron chi connectivity index (χ0n) is 17.6. The average molecular weight is 399 g/mol. The summed E-state index contributed by atoms with van der Waals surface area (Å²) in [5, 5.41) is 14.0. The lowest BCUT2D eigenvalue weighted by Gasteiger charge is -2.21. The fourth-order valence-corrected chi connectivity index (χ4v) is 3.89. The minimum absolute atomic E-state index is 0.231. The van der Waals surface area contributed by atoms with Gasteiger partial charge in [-0.1, -0.05) is 49.2 Å². The van der Waals surface area contributed by atoms with Gasteiger partial charge in [-0.15, -0.1) is 0 Å².